The summed E-state index contributed by atoms with van der Waals surface area (Å²) in [5, 5.41) is 3.10. The molecule has 2 amide bonds. The Morgan fingerprint density at radius 2 is 1.74 bits per heavy atom. The van der Waals surface area contributed by atoms with Gasteiger partial charge in [0.05, 0.1) is 17.1 Å². The normalized spacial score (nSPS) is 15.8. The zero-order valence-corrected chi connectivity index (χ0v) is 24.7. The Morgan fingerprint density at radius 1 is 0.929 bits per heavy atom. The van der Waals surface area contributed by atoms with Crippen molar-refractivity contribution >= 4 is 35.3 Å². The van der Waals surface area contributed by atoms with E-state index in [4.69, 9.17) is 0 Å². The van der Waals surface area contributed by atoms with E-state index in [-0.39, 0.29) is 11.8 Å². The lowest BCUT2D eigenvalue weighted by molar-refractivity contribution is -0.114. The molecule has 0 saturated carbocycles. The number of amides is 2. The first-order valence-electron chi connectivity index (χ1n) is 14.6. The van der Waals surface area contributed by atoms with E-state index < -0.39 is 0 Å². The molecule has 1 N–H and O–H groups in total. The largest absolute Gasteiger partial charge is 0.352 e. The fraction of sp³-hybridized carbons (Fsp3) is 0.222. The summed E-state index contributed by atoms with van der Waals surface area (Å²) in [6, 6.07) is 32.5. The van der Waals surface area contributed by atoms with E-state index in [9.17, 15) is 9.59 Å². The SMILES string of the molecule is Cc1cccc(CN2C(=O)C(=Cc3ccccc3)Sc3ccc(C(=O)NCCCN4CCc5ccccc5C4)cc32)c1. The van der Waals surface area contributed by atoms with Crippen LogP contribution in [0.15, 0.2) is 107 Å². The van der Waals surface area contributed by atoms with Gasteiger partial charge in [0.25, 0.3) is 11.8 Å². The Kier molecular flexibility index (Phi) is 8.54. The summed E-state index contributed by atoms with van der Waals surface area (Å²) >= 11 is 1.46. The summed E-state index contributed by atoms with van der Waals surface area (Å²) in [6.07, 6.45) is 3.91. The number of nitrogens with one attached hydrogen (secondary N) is 1. The van der Waals surface area contributed by atoms with E-state index in [1.54, 1.807) is 4.90 Å². The van der Waals surface area contributed by atoms with Crippen LogP contribution in [-0.4, -0.2) is 36.3 Å². The van der Waals surface area contributed by atoms with Crippen LogP contribution < -0.4 is 10.2 Å². The molecule has 0 radical (unpaired) electrons. The minimum atomic E-state index is -0.111. The van der Waals surface area contributed by atoms with Crippen molar-refractivity contribution in [1.29, 1.82) is 0 Å². The van der Waals surface area contributed by atoms with Crippen molar-refractivity contribution in [3.63, 3.8) is 0 Å². The van der Waals surface area contributed by atoms with Gasteiger partial charge >= 0.3 is 0 Å². The number of carbonyl (C=O) groups is 2. The second-order valence-electron chi connectivity index (χ2n) is 11.0. The van der Waals surface area contributed by atoms with Crippen LogP contribution in [0.5, 0.6) is 0 Å². The molecule has 0 aliphatic carbocycles. The van der Waals surface area contributed by atoms with E-state index >= 15 is 0 Å². The van der Waals surface area contributed by atoms with Gasteiger partial charge in [-0.3, -0.25) is 14.5 Å². The molecule has 0 aromatic heterocycles. The molecule has 0 spiro atoms. The summed E-state index contributed by atoms with van der Waals surface area (Å²) < 4.78 is 0. The molecule has 0 unspecified atom stereocenters. The number of fused-ring (bicyclic) bond motifs is 2. The van der Waals surface area contributed by atoms with E-state index in [2.05, 4.69) is 53.5 Å². The highest BCUT2D eigenvalue weighted by Gasteiger charge is 2.30. The monoisotopic (exact) mass is 573 g/mol. The molecule has 6 rings (SSSR count). The summed E-state index contributed by atoms with van der Waals surface area (Å²) in [6.45, 7) is 6.07. The molecule has 4 aromatic rings. The van der Waals surface area contributed by atoms with Crippen molar-refractivity contribution in [1.82, 2.24) is 10.2 Å². The molecule has 2 heterocycles. The fourth-order valence-electron chi connectivity index (χ4n) is 5.65. The third-order valence-corrected chi connectivity index (χ3v) is 8.93. The lowest BCUT2D eigenvalue weighted by atomic mass is 10.00. The van der Waals surface area contributed by atoms with E-state index in [0.717, 1.165) is 59.7 Å². The highest BCUT2D eigenvalue weighted by Crippen LogP contribution is 2.43. The summed E-state index contributed by atoms with van der Waals surface area (Å²) in [4.78, 5) is 32.9. The number of rotatable bonds is 8. The molecule has 212 valence electrons. The number of aryl methyl sites for hydroxylation is 1. The molecule has 6 heteroatoms. The van der Waals surface area contributed by atoms with Gasteiger partial charge in [-0.1, -0.05) is 96.2 Å². The summed E-state index contributed by atoms with van der Waals surface area (Å²) in [5.74, 6) is -0.168. The van der Waals surface area contributed by atoms with Crippen LogP contribution >= 0.6 is 11.8 Å². The Labute approximate surface area is 252 Å². The predicted molar refractivity (Wildman–Crippen MR) is 171 cm³/mol. The molecule has 0 fully saturated rings. The molecule has 0 saturated heterocycles. The fourth-order valence-corrected chi connectivity index (χ4v) is 6.69. The van der Waals surface area contributed by atoms with Crippen LogP contribution in [0.25, 0.3) is 6.08 Å². The van der Waals surface area contributed by atoms with Crippen molar-refractivity contribution in [2.24, 2.45) is 0 Å². The third-order valence-electron chi connectivity index (χ3n) is 7.85. The molecule has 2 aliphatic heterocycles. The number of anilines is 1. The Bertz CT molecular complexity index is 1630. The number of hydrogen-bond acceptors (Lipinski definition) is 4. The molecular weight excluding hydrogens is 538 g/mol. The molecule has 4 aromatic carbocycles. The standard InChI is InChI=1S/C36H35N3O2S/c1-26-9-7-12-28(21-26)24-39-32-23-30(15-16-33(32)42-34(36(39)41)22-27-10-3-2-4-11-27)35(40)37-18-8-19-38-20-17-29-13-5-6-14-31(29)25-38/h2-7,9-16,21-23H,8,17-20,24-25H2,1H3,(H,37,40). The van der Waals surface area contributed by atoms with Gasteiger partial charge in [-0.15, -0.1) is 0 Å². The topological polar surface area (TPSA) is 52.7 Å². The van der Waals surface area contributed by atoms with Gasteiger partial charge in [0, 0.05) is 36.6 Å². The van der Waals surface area contributed by atoms with Gasteiger partial charge in [0.15, 0.2) is 0 Å². The maximum Gasteiger partial charge on any atom is 0.265 e. The van der Waals surface area contributed by atoms with Crippen LogP contribution in [0.1, 0.15) is 44.6 Å². The van der Waals surface area contributed by atoms with Gasteiger partial charge in [0.2, 0.25) is 0 Å². The van der Waals surface area contributed by atoms with E-state index in [0.29, 0.717) is 23.6 Å². The molecular formula is C36H35N3O2S. The summed E-state index contributed by atoms with van der Waals surface area (Å²) in [7, 11) is 0. The molecule has 0 atom stereocenters. The van der Waals surface area contributed by atoms with Crippen molar-refractivity contribution in [3.05, 3.63) is 135 Å². The van der Waals surface area contributed by atoms with Crippen molar-refractivity contribution in [3.8, 4) is 0 Å². The zero-order valence-electron chi connectivity index (χ0n) is 23.9. The molecule has 5 nitrogen and oxygen atoms in total. The van der Waals surface area contributed by atoms with Gasteiger partial charge in [-0.2, -0.15) is 0 Å². The highest BCUT2D eigenvalue weighted by molar-refractivity contribution is 8.04. The average Bonchev–Trinajstić information content (AvgIpc) is 3.01. The number of benzene rings is 4. The Morgan fingerprint density at radius 3 is 2.57 bits per heavy atom. The van der Waals surface area contributed by atoms with Crippen LogP contribution in [0, 0.1) is 6.92 Å². The number of hydrogen-bond donors (Lipinski definition) is 1. The maximum atomic E-state index is 13.8. The lowest BCUT2D eigenvalue weighted by Crippen LogP contribution is -2.35. The minimum Gasteiger partial charge on any atom is -0.352 e. The average molecular weight is 574 g/mol. The first-order valence-corrected chi connectivity index (χ1v) is 15.4. The van der Waals surface area contributed by atoms with Crippen LogP contribution in [-0.2, 0) is 24.3 Å². The van der Waals surface area contributed by atoms with Gasteiger partial charge in [0.1, 0.15) is 0 Å². The van der Waals surface area contributed by atoms with Crippen molar-refractivity contribution in [2.45, 2.75) is 37.8 Å². The quantitative estimate of drug-likeness (QED) is 0.185. The van der Waals surface area contributed by atoms with Crippen LogP contribution in [0.2, 0.25) is 0 Å². The van der Waals surface area contributed by atoms with Gasteiger partial charge in [-0.25, -0.2) is 0 Å². The first-order chi connectivity index (χ1) is 20.5. The molecule has 2 aliphatic rings. The van der Waals surface area contributed by atoms with Gasteiger partial charge in [-0.05, 0) is 66.3 Å². The van der Waals surface area contributed by atoms with Crippen molar-refractivity contribution in [2.75, 3.05) is 24.5 Å². The molecule has 42 heavy (non-hydrogen) atoms. The minimum absolute atomic E-state index is 0.0569. The van der Waals surface area contributed by atoms with E-state index in [1.807, 2.05) is 66.7 Å². The van der Waals surface area contributed by atoms with Crippen LogP contribution in [0.4, 0.5) is 5.69 Å². The number of nitrogens with zero attached hydrogens (tertiary/aromatic N) is 2. The second kappa shape index (κ2) is 12.8. The van der Waals surface area contributed by atoms with Gasteiger partial charge < -0.3 is 10.2 Å². The molecule has 0 bridgehead atoms. The Balaban J connectivity index is 1.16. The smallest absolute Gasteiger partial charge is 0.265 e. The van der Waals surface area contributed by atoms with Crippen molar-refractivity contribution < 1.29 is 9.59 Å². The zero-order chi connectivity index (χ0) is 28.9. The first kappa shape index (κ1) is 28.0. The van der Waals surface area contributed by atoms with Crippen LogP contribution in [0.3, 0.4) is 0 Å². The predicted octanol–water partition coefficient (Wildman–Crippen LogP) is 6.85. The maximum absolute atomic E-state index is 13.8. The Hall–Kier alpha value is -4.13. The summed E-state index contributed by atoms with van der Waals surface area (Å²) in [5.41, 5.74) is 7.38. The number of thioether (sulfide) groups is 1. The number of carbonyl (C=O) groups excluding carboxylic acids is 2. The highest BCUT2D eigenvalue weighted by atomic mass is 32.2. The van der Waals surface area contributed by atoms with E-state index in [1.165, 1.54) is 22.9 Å². The third kappa shape index (κ3) is 6.51. The second-order valence-corrected chi connectivity index (χ2v) is 12.1. The lowest BCUT2D eigenvalue weighted by Gasteiger charge is -2.31.